The lowest BCUT2D eigenvalue weighted by Crippen LogP contribution is -2.53. The standard InChI is InChI=1S/C76H85N9O7/c1-58(86)82(48-67(59-28-10-2-11-29-59)60-30-12-3-13-31-60)55-72(88)80(46-26-44-77)53-74(90)84(50-69(63-36-18-6-19-37-63)64-38-20-7-21-39-64)56-73(89)81(47-27-45-78)54-75(91)85(51-70(65-40-22-8-23-41-65)66-42-24-9-25-43-66)57-76(92)83(52-71(79)87)49-68(61-32-14-4-15-33-61)62-34-16-5-17-35-62/h2-25,28-43,67-70H,26-27,44-57,77-78H2,1H3,(H2,79,87). The highest BCUT2D eigenvalue weighted by atomic mass is 16.2. The Balaban J connectivity index is 1.12. The minimum atomic E-state index is -0.734. The topological polar surface area (TPSA) is 217 Å². The molecule has 0 heterocycles. The molecule has 92 heavy (non-hydrogen) atoms. The number of hydrogen-bond donors (Lipinski definition) is 3. The van der Waals surface area contributed by atoms with Crippen LogP contribution in [0.2, 0.25) is 0 Å². The zero-order valence-corrected chi connectivity index (χ0v) is 52.5. The van der Waals surface area contributed by atoms with Crippen LogP contribution in [0.5, 0.6) is 0 Å². The predicted molar refractivity (Wildman–Crippen MR) is 361 cm³/mol. The lowest BCUT2D eigenvalue weighted by atomic mass is 9.90. The smallest absolute Gasteiger partial charge is 0.242 e. The quantitative estimate of drug-likeness (QED) is 0.0352. The Kier molecular flexibility index (Phi) is 26.1. The van der Waals surface area contributed by atoms with Gasteiger partial charge >= 0.3 is 0 Å². The first-order valence-corrected chi connectivity index (χ1v) is 31.5. The van der Waals surface area contributed by atoms with E-state index >= 15 is 19.2 Å². The van der Waals surface area contributed by atoms with Crippen LogP contribution < -0.4 is 17.2 Å². The van der Waals surface area contributed by atoms with E-state index in [-0.39, 0.29) is 83.1 Å². The Hall–Kier alpha value is -10.0. The van der Waals surface area contributed by atoms with E-state index < -0.39 is 80.0 Å². The van der Waals surface area contributed by atoms with Gasteiger partial charge in [-0.15, -0.1) is 0 Å². The van der Waals surface area contributed by atoms with Crippen LogP contribution >= 0.6 is 0 Å². The van der Waals surface area contributed by atoms with Crippen LogP contribution in [-0.2, 0) is 33.6 Å². The molecule has 0 aromatic heterocycles. The SMILES string of the molecule is CC(=O)N(CC(=O)N(CCCN)CC(=O)N(CC(=O)N(CCCN)CC(=O)N(CC(=O)N(CC(N)=O)CC(c1ccccc1)c1ccccc1)CC(c1ccccc1)c1ccccc1)CC(c1ccccc1)c1ccccc1)CC(c1ccccc1)c1ccccc1. The first kappa shape index (κ1) is 67.9. The van der Waals surface area contributed by atoms with Crippen molar-refractivity contribution in [2.45, 2.75) is 43.4 Å². The molecule has 16 heteroatoms. The minimum Gasteiger partial charge on any atom is -0.368 e. The normalized spacial score (nSPS) is 11.1. The van der Waals surface area contributed by atoms with Gasteiger partial charge in [-0.3, -0.25) is 33.6 Å². The van der Waals surface area contributed by atoms with Crippen molar-refractivity contribution in [2.24, 2.45) is 17.2 Å². The molecule has 6 N–H and O–H groups in total. The summed E-state index contributed by atoms with van der Waals surface area (Å²) in [6.45, 7) is -0.582. The van der Waals surface area contributed by atoms with Crippen molar-refractivity contribution in [1.82, 2.24) is 29.4 Å². The second-order valence-electron chi connectivity index (χ2n) is 23.1. The maximum absolute atomic E-state index is 15.6. The van der Waals surface area contributed by atoms with E-state index in [1.54, 1.807) is 0 Å². The number of nitrogens with zero attached hydrogens (tertiary/aromatic N) is 6. The van der Waals surface area contributed by atoms with Crippen molar-refractivity contribution < 1.29 is 33.6 Å². The van der Waals surface area contributed by atoms with Gasteiger partial charge in [-0.25, -0.2) is 0 Å². The monoisotopic (exact) mass is 1240 g/mol. The number of carbonyl (C=O) groups excluding carboxylic acids is 7. The van der Waals surface area contributed by atoms with E-state index in [0.717, 1.165) is 44.5 Å². The lowest BCUT2D eigenvalue weighted by molar-refractivity contribution is -0.148. The van der Waals surface area contributed by atoms with Gasteiger partial charge in [0.1, 0.15) is 0 Å². The molecule has 0 aliphatic heterocycles. The van der Waals surface area contributed by atoms with Gasteiger partial charge < -0.3 is 46.6 Å². The third kappa shape index (κ3) is 20.0. The number of hydrogen-bond acceptors (Lipinski definition) is 9. The number of benzene rings is 8. The molecule has 8 rings (SSSR count). The fourth-order valence-electron chi connectivity index (χ4n) is 11.7. The summed E-state index contributed by atoms with van der Waals surface area (Å²) >= 11 is 0. The summed E-state index contributed by atoms with van der Waals surface area (Å²) < 4.78 is 0. The Bertz CT molecular complexity index is 3420. The van der Waals surface area contributed by atoms with Crippen LogP contribution in [0.25, 0.3) is 0 Å². The molecule has 0 fully saturated rings. The first-order chi connectivity index (χ1) is 44.8. The average molecular weight is 1240 g/mol. The fraction of sp³-hybridized carbons (Fsp3) is 0.276. The maximum Gasteiger partial charge on any atom is 0.242 e. The lowest BCUT2D eigenvalue weighted by Gasteiger charge is -2.35. The zero-order valence-electron chi connectivity index (χ0n) is 52.5. The van der Waals surface area contributed by atoms with Crippen LogP contribution in [0.4, 0.5) is 0 Å². The summed E-state index contributed by atoms with van der Waals surface area (Å²) in [7, 11) is 0. The van der Waals surface area contributed by atoms with Crippen LogP contribution in [0.3, 0.4) is 0 Å². The van der Waals surface area contributed by atoms with Crippen molar-refractivity contribution in [3.05, 3.63) is 287 Å². The zero-order chi connectivity index (χ0) is 65.0. The Morgan fingerprint density at radius 2 is 0.467 bits per heavy atom. The van der Waals surface area contributed by atoms with Crippen LogP contribution in [0.15, 0.2) is 243 Å². The molecule has 0 aliphatic rings. The molecule has 8 aromatic carbocycles. The molecule has 0 spiro atoms. The number of nitrogens with two attached hydrogens (primary N) is 3. The number of primary amides is 1. The highest BCUT2D eigenvalue weighted by Gasteiger charge is 2.34. The molecule has 0 saturated heterocycles. The van der Waals surface area contributed by atoms with E-state index in [9.17, 15) is 14.4 Å². The van der Waals surface area contributed by atoms with Crippen molar-refractivity contribution >= 4 is 41.4 Å². The van der Waals surface area contributed by atoms with E-state index in [1.165, 1.54) is 36.3 Å². The van der Waals surface area contributed by atoms with Crippen molar-refractivity contribution in [3.63, 3.8) is 0 Å². The van der Waals surface area contributed by atoms with Gasteiger partial charge in [0.25, 0.3) is 0 Å². The molecule has 8 aromatic rings. The molecule has 16 nitrogen and oxygen atoms in total. The van der Waals surface area contributed by atoms with E-state index in [4.69, 9.17) is 17.2 Å². The summed E-state index contributed by atoms with van der Waals surface area (Å²) in [5, 5.41) is 0. The van der Waals surface area contributed by atoms with Crippen LogP contribution in [0, 0.1) is 0 Å². The molecule has 0 radical (unpaired) electrons. The van der Waals surface area contributed by atoms with Crippen molar-refractivity contribution in [3.8, 4) is 0 Å². The summed E-state index contributed by atoms with van der Waals surface area (Å²) in [5.41, 5.74) is 25.4. The van der Waals surface area contributed by atoms with Crippen LogP contribution in [-0.4, -0.2) is 162 Å². The third-order valence-corrected chi connectivity index (χ3v) is 16.7. The van der Waals surface area contributed by atoms with Crippen LogP contribution in [0.1, 0.15) is 87.9 Å². The molecule has 0 bridgehead atoms. The first-order valence-electron chi connectivity index (χ1n) is 31.5. The van der Waals surface area contributed by atoms with Gasteiger partial charge in [0.15, 0.2) is 0 Å². The summed E-state index contributed by atoms with van der Waals surface area (Å²) in [4.78, 5) is 112. The second-order valence-corrected chi connectivity index (χ2v) is 23.1. The van der Waals surface area contributed by atoms with Gasteiger partial charge in [0, 0.05) is 69.9 Å². The molecule has 0 saturated carbocycles. The second kappa shape index (κ2) is 35.4. The summed E-state index contributed by atoms with van der Waals surface area (Å²) in [6.07, 6.45) is 0.630. The molecule has 0 aliphatic carbocycles. The maximum atomic E-state index is 15.6. The number of amides is 7. The van der Waals surface area contributed by atoms with Gasteiger partial charge in [-0.05, 0) is 70.4 Å². The van der Waals surface area contributed by atoms with E-state index in [1.807, 2.05) is 243 Å². The highest BCUT2D eigenvalue weighted by molar-refractivity contribution is 5.93. The molecule has 0 unspecified atom stereocenters. The fourth-order valence-corrected chi connectivity index (χ4v) is 11.7. The average Bonchev–Trinajstić information content (AvgIpc) is 1.20. The third-order valence-electron chi connectivity index (χ3n) is 16.7. The summed E-state index contributed by atoms with van der Waals surface area (Å²) in [6, 6.07) is 77.5. The molecule has 0 atom stereocenters. The highest BCUT2D eigenvalue weighted by Crippen LogP contribution is 2.31. The van der Waals surface area contributed by atoms with Crippen molar-refractivity contribution in [2.75, 3.05) is 91.6 Å². The van der Waals surface area contributed by atoms with E-state index in [2.05, 4.69) is 0 Å². The summed E-state index contributed by atoms with van der Waals surface area (Å²) in [5.74, 6) is -5.31. The number of rotatable bonds is 34. The molecule has 7 amide bonds. The Morgan fingerprint density at radius 1 is 0.283 bits per heavy atom. The Morgan fingerprint density at radius 3 is 0.674 bits per heavy atom. The Labute approximate surface area is 541 Å². The molecular formula is C76H85N9O7. The minimum absolute atomic E-state index is 0.00391. The number of carbonyl (C=O) groups is 7. The van der Waals surface area contributed by atoms with Gasteiger partial charge in [-0.1, -0.05) is 243 Å². The van der Waals surface area contributed by atoms with Gasteiger partial charge in [-0.2, -0.15) is 0 Å². The van der Waals surface area contributed by atoms with Gasteiger partial charge in [0.05, 0.1) is 39.3 Å². The largest absolute Gasteiger partial charge is 0.368 e. The molecular weight excluding hydrogens is 1150 g/mol. The van der Waals surface area contributed by atoms with E-state index in [0.29, 0.717) is 6.42 Å². The molecule has 476 valence electrons. The van der Waals surface area contributed by atoms with Crippen molar-refractivity contribution in [1.29, 1.82) is 0 Å². The van der Waals surface area contributed by atoms with Gasteiger partial charge in [0.2, 0.25) is 41.4 Å². The predicted octanol–water partition coefficient (Wildman–Crippen LogP) is 8.49.